The Morgan fingerprint density at radius 1 is 0.552 bits per heavy atom. The molecule has 0 unspecified atom stereocenters. The van der Waals surface area contributed by atoms with E-state index in [1.165, 1.54) is 0 Å². The van der Waals surface area contributed by atoms with Crippen molar-refractivity contribution in [1.29, 1.82) is 0 Å². The van der Waals surface area contributed by atoms with Crippen LogP contribution in [0.25, 0.3) is 0 Å². The van der Waals surface area contributed by atoms with Gasteiger partial charge in [-0.05, 0) is 0 Å². The molecule has 3 nitrogen and oxygen atoms in total. The van der Waals surface area contributed by atoms with Gasteiger partial charge in [0.05, 0.1) is 0 Å². The van der Waals surface area contributed by atoms with Gasteiger partial charge in [-0.25, -0.2) is 0 Å². The van der Waals surface area contributed by atoms with E-state index in [-0.39, 0.29) is 0 Å². The molecule has 29 heavy (non-hydrogen) atoms. The van der Waals surface area contributed by atoms with Gasteiger partial charge in [-0.2, -0.15) is 0 Å². The quantitative estimate of drug-likeness (QED) is 0.465. The van der Waals surface area contributed by atoms with E-state index in [2.05, 4.69) is 0 Å². The molecule has 0 atom stereocenters. The third-order valence-electron chi connectivity index (χ3n) is 5.07. The number of methoxy groups -OCH3 is 3. The van der Waals surface area contributed by atoms with Crippen LogP contribution in [0.2, 0.25) is 0 Å². The van der Waals surface area contributed by atoms with Crippen LogP contribution in [0.1, 0.15) is 16.7 Å². The zero-order valence-corrected chi connectivity index (χ0v) is 19.3. The molecule has 0 N–H and O–H groups in total. The Kier molecular flexibility index (Phi) is 7.61. The van der Waals surface area contributed by atoms with Crippen molar-refractivity contribution in [2.45, 2.75) is 19.8 Å². The van der Waals surface area contributed by atoms with Crippen molar-refractivity contribution < 1.29 is 17.7 Å². The predicted octanol–water partition coefficient (Wildman–Crippen LogP) is 3.06. The molecule has 3 aromatic rings. The average molecular weight is 455 g/mol. The number of rotatable bonds is 9. The van der Waals surface area contributed by atoms with Gasteiger partial charge in [0.25, 0.3) is 0 Å². The Balaban J connectivity index is 2.35. The number of ether oxygens (including phenoxy) is 3. The molecule has 0 saturated heterocycles. The van der Waals surface area contributed by atoms with Crippen molar-refractivity contribution >= 4 is 26.9 Å². The second-order valence-electron chi connectivity index (χ2n) is 6.93. The van der Waals surface area contributed by atoms with Crippen LogP contribution < -0.4 is 13.2 Å². The van der Waals surface area contributed by atoms with Crippen LogP contribution in [-0.2, 0) is 34.0 Å². The molecule has 152 valence electrons. The molecule has 0 aromatic heterocycles. The first-order valence-corrected chi connectivity index (χ1v) is 13.5. The molecule has 0 bridgehead atoms. The summed E-state index contributed by atoms with van der Waals surface area (Å²) in [6.45, 7) is 1.10. The zero-order chi connectivity index (χ0) is 20.7. The van der Waals surface area contributed by atoms with Gasteiger partial charge in [0.2, 0.25) is 0 Å². The van der Waals surface area contributed by atoms with Crippen LogP contribution in [0.15, 0.2) is 72.8 Å². The van der Waals surface area contributed by atoms with Gasteiger partial charge in [0.1, 0.15) is 0 Å². The molecule has 0 heterocycles. The normalized spacial score (nSPS) is 11.6. The maximum absolute atomic E-state index is 17.8. The summed E-state index contributed by atoms with van der Waals surface area (Å²) < 4.78 is 36.2. The summed E-state index contributed by atoms with van der Waals surface area (Å²) in [5, 5.41) is 0. The van der Waals surface area contributed by atoms with E-state index in [0.717, 1.165) is 29.9 Å². The molecule has 0 saturated carbocycles. The third-order valence-corrected chi connectivity index (χ3v) is 12.8. The van der Waals surface area contributed by atoms with E-state index in [4.69, 9.17) is 14.2 Å². The Hall–Kier alpha value is -1.99. The van der Waals surface area contributed by atoms with Gasteiger partial charge in [-0.3, -0.25) is 0 Å². The van der Waals surface area contributed by atoms with Crippen LogP contribution in [0, 0.1) is 0 Å². The van der Waals surface area contributed by atoms with Gasteiger partial charge in [0.15, 0.2) is 0 Å². The Morgan fingerprint density at radius 3 is 1.10 bits per heavy atom. The van der Waals surface area contributed by atoms with Crippen molar-refractivity contribution in [2.24, 2.45) is 0 Å². The van der Waals surface area contributed by atoms with Crippen LogP contribution in [0.4, 0.5) is 3.50 Å². The van der Waals surface area contributed by atoms with Crippen molar-refractivity contribution in [3.63, 3.8) is 0 Å². The van der Waals surface area contributed by atoms with Crippen LogP contribution in [0.3, 0.4) is 0 Å². The molecule has 3 aromatic carbocycles. The molecule has 0 radical (unpaired) electrons. The SMILES string of the molecule is COCc1cccc[c]1[Ge]([F])([c]1ccccc1COC)[c]1ccccc1COC. The third kappa shape index (κ3) is 4.46. The van der Waals surface area contributed by atoms with E-state index >= 15 is 3.50 Å². The fraction of sp³-hybridized carbons (Fsp3) is 0.250. The fourth-order valence-corrected chi connectivity index (χ4v) is 11.5. The second-order valence-corrected chi connectivity index (χ2v) is 13.1. The average Bonchev–Trinajstić information content (AvgIpc) is 2.75. The Morgan fingerprint density at radius 2 is 0.828 bits per heavy atom. The van der Waals surface area contributed by atoms with E-state index in [1.54, 1.807) is 21.3 Å². The second kappa shape index (κ2) is 10.2. The molecule has 0 aliphatic rings. The first-order valence-electron chi connectivity index (χ1n) is 9.57. The predicted molar refractivity (Wildman–Crippen MR) is 117 cm³/mol. The zero-order valence-electron chi connectivity index (χ0n) is 17.2. The number of halogens is 1. The van der Waals surface area contributed by atoms with Crippen LogP contribution >= 0.6 is 0 Å². The minimum absolute atomic E-state index is 0.367. The number of hydrogen-bond acceptors (Lipinski definition) is 3. The summed E-state index contributed by atoms with van der Waals surface area (Å²) in [5.41, 5.74) is 2.66. The summed E-state index contributed by atoms with van der Waals surface area (Å²) >= 11 is -4.55. The van der Waals surface area contributed by atoms with Crippen LogP contribution in [0.5, 0.6) is 0 Å². The molecular weight excluding hydrogens is 428 g/mol. The van der Waals surface area contributed by atoms with Crippen molar-refractivity contribution in [3.8, 4) is 0 Å². The topological polar surface area (TPSA) is 27.7 Å². The summed E-state index contributed by atoms with van der Waals surface area (Å²) in [5.74, 6) is 0. The minimum atomic E-state index is -4.55. The molecule has 0 amide bonds. The summed E-state index contributed by atoms with van der Waals surface area (Å²) in [6, 6.07) is 23.1. The maximum atomic E-state index is 17.8. The molecule has 0 spiro atoms. The molecule has 0 aliphatic heterocycles. The first kappa shape index (κ1) is 21.7. The van der Waals surface area contributed by atoms with Crippen molar-refractivity contribution in [3.05, 3.63) is 89.5 Å². The van der Waals surface area contributed by atoms with E-state index in [9.17, 15) is 0 Å². The van der Waals surface area contributed by atoms with E-state index < -0.39 is 13.7 Å². The van der Waals surface area contributed by atoms with Gasteiger partial charge in [-0.15, -0.1) is 0 Å². The first-order chi connectivity index (χ1) is 14.2. The monoisotopic (exact) mass is 456 g/mol. The molecular formula is C24H27FGeO3. The van der Waals surface area contributed by atoms with Gasteiger partial charge in [0, 0.05) is 0 Å². The van der Waals surface area contributed by atoms with E-state index in [1.807, 2.05) is 72.8 Å². The molecule has 5 heteroatoms. The summed E-state index contributed by atoms with van der Waals surface area (Å²) in [6.07, 6.45) is 0. The molecule has 0 fully saturated rings. The Bertz CT molecular complexity index is 824. The van der Waals surface area contributed by atoms with Crippen molar-refractivity contribution in [2.75, 3.05) is 21.3 Å². The van der Waals surface area contributed by atoms with Crippen LogP contribution in [-0.4, -0.2) is 35.1 Å². The van der Waals surface area contributed by atoms with Gasteiger partial charge < -0.3 is 0 Å². The standard InChI is InChI=1S/C24H27FGeO3/c1-27-16-19-10-4-7-13-22(19)26(25,23-14-8-5-11-20(23)17-28-2)24-15-9-6-12-21(24)18-29-3/h4-15H,16-18H2,1-3H3. The number of benzene rings is 3. The van der Waals surface area contributed by atoms with E-state index in [0.29, 0.717) is 19.8 Å². The van der Waals surface area contributed by atoms with Gasteiger partial charge in [-0.1, -0.05) is 0 Å². The summed E-state index contributed by atoms with van der Waals surface area (Å²) in [4.78, 5) is 0. The fourth-order valence-electron chi connectivity index (χ4n) is 3.85. The summed E-state index contributed by atoms with van der Waals surface area (Å²) in [7, 11) is 4.92. The van der Waals surface area contributed by atoms with Gasteiger partial charge >= 0.3 is 175 Å². The molecule has 0 aliphatic carbocycles. The Labute approximate surface area is 175 Å². The molecule has 3 rings (SSSR count). The number of hydrogen-bond donors (Lipinski definition) is 0. The van der Waals surface area contributed by atoms with Crippen molar-refractivity contribution in [1.82, 2.24) is 0 Å².